The SMILES string of the molecule is CCN(C)C(=O)CNc1ccc(Br)cc1[N+](=O)[O-]. The van der Waals surface area contributed by atoms with Crippen LogP contribution in [0.1, 0.15) is 6.92 Å². The maximum absolute atomic E-state index is 11.6. The van der Waals surface area contributed by atoms with Gasteiger partial charge in [0.2, 0.25) is 5.91 Å². The minimum atomic E-state index is -0.485. The molecular weight excluding hydrogens is 302 g/mol. The molecule has 0 saturated heterocycles. The van der Waals surface area contributed by atoms with E-state index in [1.54, 1.807) is 19.2 Å². The standard InChI is InChI=1S/C11H14BrN3O3/c1-3-14(2)11(16)7-13-9-5-4-8(12)6-10(9)15(17)18/h4-6,13H,3,7H2,1-2H3. The average Bonchev–Trinajstić information content (AvgIpc) is 2.35. The van der Waals surface area contributed by atoms with Gasteiger partial charge >= 0.3 is 0 Å². The summed E-state index contributed by atoms with van der Waals surface area (Å²) in [6, 6.07) is 4.65. The van der Waals surface area contributed by atoms with Crippen LogP contribution in [-0.2, 0) is 4.79 Å². The highest BCUT2D eigenvalue weighted by Crippen LogP contribution is 2.27. The zero-order valence-corrected chi connectivity index (χ0v) is 11.7. The molecular formula is C11H14BrN3O3. The van der Waals surface area contributed by atoms with Crippen LogP contribution < -0.4 is 5.32 Å². The number of carbonyl (C=O) groups is 1. The molecule has 0 spiro atoms. The normalized spacial score (nSPS) is 9.94. The molecule has 0 saturated carbocycles. The van der Waals surface area contributed by atoms with Crippen LogP contribution in [0.25, 0.3) is 0 Å². The van der Waals surface area contributed by atoms with E-state index in [1.807, 2.05) is 6.92 Å². The largest absolute Gasteiger partial charge is 0.371 e. The molecule has 98 valence electrons. The zero-order chi connectivity index (χ0) is 13.7. The Hall–Kier alpha value is -1.63. The number of nitro benzene ring substituents is 1. The minimum Gasteiger partial charge on any atom is -0.371 e. The predicted molar refractivity (Wildman–Crippen MR) is 72.6 cm³/mol. The van der Waals surface area contributed by atoms with Gasteiger partial charge in [-0.1, -0.05) is 15.9 Å². The number of nitro groups is 1. The first-order valence-corrected chi connectivity index (χ1v) is 6.16. The van der Waals surface area contributed by atoms with E-state index in [9.17, 15) is 14.9 Å². The van der Waals surface area contributed by atoms with Crippen LogP contribution in [0.15, 0.2) is 22.7 Å². The van der Waals surface area contributed by atoms with Crippen LogP contribution in [-0.4, -0.2) is 35.9 Å². The number of nitrogens with zero attached hydrogens (tertiary/aromatic N) is 2. The van der Waals surface area contributed by atoms with Crippen molar-refractivity contribution in [2.45, 2.75) is 6.92 Å². The van der Waals surface area contributed by atoms with Crippen LogP contribution >= 0.6 is 15.9 Å². The van der Waals surface area contributed by atoms with Crippen LogP contribution in [0, 0.1) is 10.1 Å². The molecule has 18 heavy (non-hydrogen) atoms. The number of likely N-dealkylation sites (N-methyl/N-ethyl adjacent to an activating group) is 1. The smallest absolute Gasteiger partial charge is 0.293 e. The second-order valence-electron chi connectivity index (χ2n) is 3.68. The van der Waals surface area contributed by atoms with Crippen LogP contribution in [0.5, 0.6) is 0 Å². The lowest BCUT2D eigenvalue weighted by Gasteiger charge is -2.15. The molecule has 6 nitrogen and oxygen atoms in total. The fourth-order valence-corrected chi connectivity index (χ4v) is 1.64. The Labute approximate surface area is 113 Å². The van der Waals surface area contributed by atoms with Crippen molar-refractivity contribution < 1.29 is 9.72 Å². The van der Waals surface area contributed by atoms with Crippen molar-refractivity contribution in [3.8, 4) is 0 Å². The number of benzene rings is 1. The van der Waals surface area contributed by atoms with Gasteiger partial charge in [0.25, 0.3) is 5.69 Å². The monoisotopic (exact) mass is 315 g/mol. The van der Waals surface area contributed by atoms with E-state index >= 15 is 0 Å². The second-order valence-corrected chi connectivity index (χ2v) is 4.60. The van der Waals surface area contributed by atoms with E-state index in [2.05, 4.69) is 21.2 Å². The maximum atomic E-state index is 11.6. The third-order valence-electron chi connectivity index (χ3n) is 2.49. The van der Waals surface area contributed by atoms with Crippen molar-refractivity contribution in [2.24, 2.45) is 0 Å². The third kappa shape index (κ3) is 3.69. The topological polar surface area (TPSA) is 75.5 Å². The quantitative estimate of drug-likeness (QED) is 0.668. The summed E-state index contributed by atoms with van der Waals surface area (Å²) < 4.78 is 0.622. The Kier molecular flexibility index (Phi) is 5.08. The second kappa shape index (κ2) is 6.34. The molecule has 0 heterocycles. The van der Waals surface area contributed by atoms with E-state index in [1.165, 1.54) is 11.0 Å². The first-order chi connectivity index (χ1) is 8.45. The van der Waals surface area contributed by atoms with Gasteiger partial charge in [-0.2, -0.15) is 0 Å². The lowest BCUT2D eigenvalue weighted by Crippen LogP contribution is -2.31. The zero-order valence-electron chi connectivity index (χ0n) is 10.1. The van der Waals surface area contributed by atoms with Crippen LogP contribution in [0.2, 0.25) is 0 Å². The Morgan fingerprint density at radius 1 is 1.56 bits per heavy atom. The molecule has 1 aromatic carbocycles. The molecule has 0 radical (unpaired) electrons. The molecule has 0 aliphatic heterocycles. The summed E-state index contributed by atoms with van der Waals surface area (Å²) in [5, 5.41) is 13.6. The molecule has 1 amide bonds. The van der Waals surface area contributed by atoms with E-state index in [-0.39, 0.29) is 18.1 Å². The van der Waals surface area contributed by atoms with Crippen molar-refractivity contribution in [1.29, 1.82) is 0 Å². The number of carbonyl (C=O) groups excluding carboxylic acids is 1. The summed E-state index contributed by atoms with van der Waals surface area (Å²) in [7, 11) is 1.68. The van der Waals surface area contributed by atoms with Gasteiger partial charge in [0.1, 0.15) is 5.69 Å². The van der Waals surface area contributed by atoms with Gasteiger partial charge < -0.3 is 10.2 Å². The van der Waals surface area contributed by atoms with Crippen molar-refractivity contribution >= 4 is 33.2 Å². The third-order valence-corrected chi connectivity index (χ3v) is 2.98. The molecule has 0 atom stereocenters. The van der Waals surface area contributed by atoms with Crippen molar-refractivity contribution in [1.82, 2.24) is 4.90 Å². The van der Waals surface area contributed by atoms with Gasteiger partial charge in [0.15, 0.2) is 0 Å². The van der Waals surface area contributed by atoms with Gasteiger partial charge in [-0.15, -0.1) is 0 Å². The first kappa shape index (κ1) is 14.4. The fourth-order valence-electron chi connectivity index (χ4n) is 1.29. The summed E-state index contributed by atoms with van der Waals surface area (Å²) in [5.41, 5.74) is 0.275. The highest BCUT2D eigenvalue weighted by Gasteiger charge is 2.15. The Morgan fingerprint density at radius 3 is 2.78 bits per heavy atom. The minimum absolute atomic E-state index is 0.0345. The molecule has 0 aliphatic rings. The molecule has 0 fully saturated rings. The number of nitrogens with one attached hydrogen (secondary N) is 1. The van der Waals surface area contributed by atoms with E-state index in [0.29, 0.717) is 16.7 Å². The van der Waals surface area contributed by atoms with Crippen molar-refractivity contribution in [3.63, 3.8) is 0 Å². The summed E-state index contributed by atoms with van der Waals surface area (Å²) in [4.78, 5) is 23.5. The molecule has 1 rings (SSSR count). The first-order valence-electron chi connectivity index (χ1n) is 5.37. The van der Waals surface area contributed by atoms with E-state index < -0.39 is 4.92 Å². The van der Waals surface area contributed by atoms with Gasteiger partial charge in [0, 0.05) is 24.1 Å². The summed E-state index contributed by atoms with van der Waals surface area (Å²) in [5.74, 6) is -0.116. The lowest BCUT2D eigenvalue weighted by molar-refractivity contribution is -0.384. The lowest BCUT2D eigenvalue weighted by atomic mass is 10.2. The summed E-state index contributed by atoms with van der Waals surface area (Å²) in [6.07, 6.45) is 0. The molecule has 0 aromatic heterocycles. The average molecular weight is 316 g/mol. The van der Waals surface area contributed by atoms with E-state index in [4.69, 9.17) is 0 Å². The van der Waals surface area contributed by atoms with Crippen molar-refractivity contribution in [3.05, 3.63) is 32.8 Å². The Bertz CT molecular complexity index is 465. The van der Waals surface area contributed by atoms with Gasteiger partial charge in [-0.05, 0) is 19.1 Å². The van der Waals surface area contributed by atoms with Crippen LogP contribution in [0.3, 0.4) is 0 Å². The number of anilines is 1. The highest BCUT2D eigenvalue weighted by molar-refractivity contribution is 9.10. The molecule has 7 heteroatoms. The predicted octanol–water partition coefficient (Wildman–Crippen LogP) is 2.25. The molecule has 1 aromatic rings. The van der Waals surface area contributed by atoms with Crippen molar-refractivity contribution in [2.75, 3.05) is 25.5 Å². The number of halogens is 1. The number of hydrogen-bond donors (Lipinski definition) is 1. The molecule has 1 N–H and O–H groups in total. The number of hydrogen-bond acceptors (Lipinski definition) is 4. The van der Waals surface area contributed by atoms with Gasteiger partial charge in [-0.3, -0.25) is 14.9 Å². The summed E-state index contributed by atoms with van der Waals surface area (Å²) >= 11 is 3.17. The number of rotatable bonds is 5. The van der Waals surface area contributed by atoms with Gasteiger partial charge in [-0.25, -0.2) is 0 Å². The van der Waals surface area contributed by atoms with Crippen LogP contribution in [0.4, 0.5) is 11.4 Å². The Morgan fingerprint density at radius 2 is 2.22 bits per heavy atom. The fraction of sp³-hybridized carbons (Fsp3) is 0.364. The molecule has 0 unspecified atom stereocenters. The van der Waals surface area contributed by atoms with Gasteiger partial charge in [0.05, 0.1) is 11.5 Å². The summed E-state index contributed by atoms with van der Waals surface area (Å²) in [6.45, 7) is 2.50. The number of amides is 1. The Balaban J connectivity index is 2.79. The maximum Gasteiger partial charge on any atom is 0.293 e. The highest BCUT2D eigenvalue weighted by atomic mass is 79.9. The molecule has 0 bridgehead atoms. The molecule has 0 aliphatic carbocycles. The van der Waals surface area contributed by atoms with E-state index in [0.717, 1.165) is 0 Å².